The predicted octanol–water partition coefficient (Wildman–Crippen LogP) is 2.81. The number of halogens is 1. The van der Waals surface area contributed by atoms with Gasteiger partial charge in [0, 0.05) is 6.07 Å². The van der Waals surface area contributed by atoms with E-state index in [0.29, 0.717) is 5.56 Å². The summed E-state index contributed by atoms with van der Waals surface area (Å²) in [5.74, 6) is -1.20. The first-order chi connectivity index (χ1) is 9.79. The highest BCUT2D eigenvalue weighted by Crippen LogP contribution is 2.24. The van der Waals surface area contributed by atoms with Gasteiger partial charge in [0.15, 0.2) is 0 Å². The van der Waals surface area contributed by atoms with E-state index in [9.17, 15) is 22.9 Å². The molecule has 0 spiro atoms. The molecule has 2 rings (SSSR count). The zero-order valence-electron chi connectivity index (χ0n) is 10.8. The van der Waals surface area contributed by atoms with Crippen LogP contribution < -0.4 is 4.18 Å². The molecule has 0 saturated carbocycles. The average molecular weight is 311 g/mol. The molecule has 0 fully saturated rings. The molecule has 0 radical (unpaired) electrons. The van der Waals surface area contributed by atoms with Gasteiger partial charge in [-0.25, -0.2) is 4.39 Å². The van der Waals surface area contributed by atoms with E-state index in [-0.39, 0.29) is 11.4 Å². The summed E-state index contributed by atoms with van der Waals surface area (Å²) in [6, 6.07) is 8.20. The number of aryl methyl sites for hydroxylation is 1. The fourth-order valence-electron chi connectivity index (χ4n) is 1.63. The van der Waals surface area contributed by atoms with Crippen molar-refractivity contribution >= 4 is 15.8 Å². The first-order valence-corrected chi connectivity index (χ1v) is 7.15. The van der Waals surface area contributed by atoms with Gasteiger partial charge in [-0.15, -0.1) is 0 Å². The quantitative estimate of drug-likeness (QED) is 0.492. The molecule has 0 saturated heterocycles. The molecule has 0 heterocycles. The standard InChI is InChI=1S/C13H10FNO5S/c1-9-5-6-13(12(14)7-9)21(18,19)20-11-4-2-3-10(8-11)15(16)17/h2-8H,1H3. The third-order valence-corrected chi connectivity index (χ3v) is 3.87. The molecule has 0 aliphatic carbocycles. The zero-order valence-corrected chi connectivity index (χ0v) is 11.6. The van der Waals surface area contributed by atoms with Crippen molar-refractivity contribution in [2.45, 2.75) is 11.8 Å². The van der Waals surface area contributed by atoms with Crippen molar-refractivity contribution in [2.24, 2.45) is 0 Å². The molecule has 0 atom stereocenters. The monoisotopic (exact) mass is 311 g/mol. The number of non-ortho nitro benzene ring substituents is 1. The number of nitrogens with zero attached hydrogens (tertiary/aromatic N) is 1. The normalized spacial score (nSPS) is 11.1. The van der Waals surface area contributed by atoms with Crippen LogP contribution in [0.25, 0.3) is 0 Å². The van der Waals surface area contributed by atoms with Crippen molar-refractivity contribution < 1.29 is 21.9 Å². The first-order valence-electron chi connectivity index (χ1n) is 5.75. The van der Waals surface area contributed by atoms with Gasteiger partial charge in [0.2, 0.25) is 0 Å². The van der Waals surface area contributed by atoms with E-state index in [4.69, 9.17) is 4.18 Å². The van der Waals surface area contributed by atoms with Crippen LogP contribution in [0.5, 0.6) is 5.75 Å². The topological polar surface area (TPSA) is 86.5 Å². The first kappa shape index (κ1) is 14.9. The van der Waals surface area contributed by atoms with Crippen LogP contribution in [0.4, 0.5) is 10.1 Å². The molecule has 0 unspecified atom stereocenters. The summed E-state index contributed by atoms with van der Waals surface area (Å²) in [5.41, 5.74) is 0.230. The van der Waals surface area contributed by atoms with E-state index >= 15 is 0 Å². The van der Waals surface area contributed by atoms with E-state index in [2.05, 4.69) is 0 Å². The highest BCUT2D eigenvalue weighted by molar-refractivity contribution is 7.87. The van der Waals surface area contributed by atoms with E-state index < -0.39 is 25.8 Å². The van der Waals surface area contributed by atoms with Crippen molar-refractivity contribution in [1.82, 2.24) is 0 Å². The van der Waals surface area contributed by atoms with E-state index in [0.717, 1.165) is 18.2 Å². The van der Waals surface area contributed by atoms with Gasteiger partial charge in [0.25, 0.3) is 5.69 Å². The third-order valence-electron chi connectivity index (χ3n) is 2.59. The SMILES string of the molecule is Cc1ccc(S(=O)(=O)Oc2cccc([N+](=O)[O-])c2)c(F)c1. The minimum atomic E-state index is -4.40. The number of rotatable bonds is 4. The van der Waals surface area contributed by atoms with Crippen LogP contribution in [-0.4, -0.2) is 13.3 Å². The van der Waals surface area contributed by atoms with Crippen LogP contribution in [0.2, 0.25) is 0 Å². The maximum atomic E-state index is 13.7. The number of nitro groups is 1. The fraction of sp³-hybridized carbons (Fsp3) is 0.0769. The Morgan fingerprint density at radius 1 is 1.19 bits per heavy atom. The van der Waals surface area contributed by atoms with Crippen LogP contribution in [0, 0.1) is 22.9 Å². The van der Waals surface area contributed by atoms with Crippen LogP contribution in [0.15, 0.2) is 47.4 Å². The lowest BCUT2D eigenvalue weighted by atomic mass is 10.2. The minimum absolute atomic E-state index is 0.260. The Balaban J connectivity index is 2.37. The Morgan fingerprint density at radius 2 is 1.90 bits per heavy atom. The molecule has 0 aromatic heterocycles. The molecule has 0 bridgehead atoms. The Kier molecular flexibility index (Phi) is 3.90. The average Bonchev–Trinajstić information content (AvgIpc) is 2.37. The Hall–Kier alpha value is -2.48. The lowest BCUT2D eigenvalue weighted by Gasteiger charge is -2.08. The maximum absolute atomic E-state index is 13.7. The molecular formula is C13H10FNO5S. The summed E-state index contributed by atoms with van der Waals surface area (Å²) >= 11 is 0. The molecule has 8 heteroatoms. The van der Waals surface area contributed by atoms with Crippen molar-refractivity contribution in [3.8, 4) is 5.75 Å². The minimum Gasteiger partial charge on any atom is -0.379 e. The number of nitro benzene ring substituents is 1. The molecule has 2 aromatic carbocycles. The van der Waals surface area contributed by atoms with Crippen molar-refractivity contribution in [1.29, 1.82) is 0 Å². The van der Waals surface area contributed by atoms with E-state index in [1.165, 1.54) is 24.3 Å². The Bertz CT molecular complexity index is 804. The van der Waals surface area contributed by atoms with Crippen molar-refractivity contribution in [3.05, 3.63) is 64.0 Å². The zero-order chi connectivity index (χ0) is 15.6. The number of hydrogen-bond acceptors (Lipinski definition) is 5. The third kappa shape index (κ3) is 3.34. The summed E-state index contributed by atoms with van der Waals surface area (Å²) in [4.78, 5) is 9.31. The highest BCUT2D eigenvalue weighted by Gasteiger charge is 2.22. The number of hydrogen-bond donors (Lipinski definition) is 0. The van der Waals surface area contributed by atoms with Crippen molar-refractivity contribution in [2.75, 3.05) is 0 Å². The second-order valence-electron chi connectivity index (χ2n) is 4.23. The Labute approximate surface area is 120 Å². The molecule has 2 aromatic rings. The van der Waals surface area contributed by atoms with Gasteiger partial charge in [-0.3, -0.25) is 10.1 Å². The van der Waals surface area contributed by atoms with Crippen LogP contribution in [0.3, 0.4) is 0 Å². The smallest absolute Gasteiger partial charge is 0.342 e. The summed E-state index contributed by atoms with van der Waals surface area (Å²) in [7, 11) is -4.40. The summed E-state index contributed by atoms with van der Waals surface area (Å²) in [6.07, 6.45) is 0. The van der Waals surface area contributed by atoms with Gasteiger partial charge in [0.05, 0.1) is 11.0 Å². The lowest BCUT2D eigenvalue weighted by molar-refractivity contribution is -0.384. The molecule has 0 aliphatic heterocycles. The van der Waals surface area contributed by atoms with Crippen LogP contribution >= 0.6 is 0 Å². The Morgan fingerprint density at radius 3 is 2.52 bits per heavy atom. The summed E-state index contributed by atoms with van der Waals surface area (Å²) < 4.78 is 42.4. The predicted molar refractivity (Wildman–Crippen MR) is 72.0 cm³/mol. The second kappa shape index (κ2) is 5.49. The summed E-state index contributed by atoms with van der Waals surface area (Å²) in [6.45, 7) is 1.61. The molecule has 0 aliphatic rings. The van der Waals surface area contributed by atoms with Gasteiger partial charge < -0.3 is 4.18 Å². The molecular weight excluding hydrogens is 301 g/mol. The van der Waals surface area contributed by atoms with Gasteiger partial charge in [-0.1, -0.05) is 12.1 Å². The van der Waals surface area contributed by atoms with Crippen molar-refractivity contribution in [3.63, 3.8) is 0 Å². The van der Waals surface area contributed by atoms with Gasteiger partial charge in [-0.05, 0) is 30.7 Å². The largest absolute Gasteiger partial charge is 0.379 e. The van der Waals surface area contributed by atoms with Gasteiger partial charge >= 0.3 is 10.1 Å². The number of benzene rings is 2. The fourth-order valence-corrected chi connectivity index (χ4v) is 2.61. The van der Waals surface area contributed by atoms with Gasteiger partial charge in [-0.2, -0.15) is 8.42 Å². The molecule has 0 amide bonds. The highest BCUT2D eigenvalue weighted by atomic mass is 32.2. The van der Waals surface area contributed by atoms with Gasteiger partial charge in [0.1, 0.15) is 16.5 Å². The molecule has 6 nitrogen and oxygen atoms in total. The lowest BCUT2D eigenvalue weighted by Crippen LogP contribution is -2.11. The second-order valence-corrected chi connectivity index (χ2v) is 5.74. The van der Waals surface area contributed by atoms with Crippen LogP contribution in [0.1, 0.15) is 5.56 Å². The molecule has 110 valence electrons. The molecule has 0 N–H and O–H groups in total. The van der Waals surface area contributed by atoms with E-state index in [1.54, 1.807) is 6.92 Å². The van der Waals surface area contributed by atoms with E-state index in [1.807, 2.05) is 0 Å². The maximum Gasteiger partial charge on any atom is 0.342 e. The summed E-state index contributed by atoms with van der Waals surface area (Å²) in [5, 5.41) is 10.6. The molecule has 21 heavy (non-hydrogen) atoms. The van der Waals surface area contributed by atoms with Crippen LogP contribution in [-0.2, 0) is 10.1 Å².